The third-order valence-electron chi connectivity index (χ3n) is 12.7. The summed E-state index contributed by atoms with van der Waals surface area (Å²) < 4.78 is 17.9. The van der Waals surface area contributed by atoms with Crippen molar-refractivity contribution < 1.29 is 57.7 Å². The number of alkyl carbamates (subject to hydrolysis) is 1. The van der Waals surface area contributed by atoms with Crippen molar-refractivity contribution in [3.63, 3.8) is 0 Å². The van der Waals surface area contributed by atoms with Gasteiger partial charge in [-0.15, -0.1) is 0 Å². The van der Waals surface area contributed by atoms with Crippen LogP contribution in [0.1, 0.15) is 126 Å². The Hall–Kier alpha value is -5.78. The van der Waals surface area contributed by atoms with Gasteiger partial charge in [-0.05, 0) is 76.9 Å². The zero-order chi connectivity index (χ0) is 52.7. The van der Waals surface area contributed by atoms with Crippen LogP contribution in [0.4, 0.5) is 4.79 Å². The lowest BCUT2D eigenvalue weighted by atomic mass is 9.90. The molecule has 0 aromatic heterocycles. The van der Waals surface area contributed by atoms with Crippen LogP contribution in [0.5, 0.6) is 0 Å². The molecule has 1 aromatic rings. The van der Waals surface area contributed by atoms with E-state index >= 15 is 0 Å². The van der Waals surface area contributed by atoms with Gasteiger partial charge in [-0.3, -0.25) is 24.0 Å². The molecule has 0 saturated carbocycles. The van der Waals surface area contributed by atoms with Gasteiger partial charge < -0.3 is 50.4 Å². The molecule has 70 heavy (non-hydrogen) atoms. The predicted octanol–water partition coefficient (Wildman–Crippen LogP) is 4.91. The molecule has 18 heteroatoms. The van der Waals surface area contributed by atoms with Crippen molar-refractivity contribution in [2.45, 2.75) is 170 Å². The van der Waals surface area contributed by atoms with E-state index in [0.717, 1.165) is 29.7 Å². The van der Waals surface area contributed by atoms with Gasteiger partial charge in [0.1, 0.15) is 36.4 Å². The van der Waals surface area contributed by atoms with Crippen molar-refractivity contribution in [2.24, 2.45) is 17.8 Å². The Morgan fingerprint density at radius 3 is 2.13 bits per heavy atom. The molecule has 1 aliphatic heterocycles. The fraction of sp³-hybridized carbons (Fsp3) is 0.654. The lowest BCUT2D eigenvalue weighted by molar-refractivity contribution is -0.155. The Balaban J connectivity index is 2.67. The molecule has 1 unspecified atom stereocenters. The van der Waals surface area contributed by atoms with Crippen molar-refractivity contribution in [3.05, 3.63) is 59.2 Å². The van der Waals surface area contributed by atoms with Gasteiger partial charge >= 0.3 is 18.0 Å². The minimum atomic E-state index is -1.32. The van der Waals surface area contributed by atoms with Crippen LogP contribution in [0.2, 0.25) is 0 Å². The average Bonchev–Trinajstić information content (AvgIpc) is 3.32. The van der Waals surface area contributed by atoms with E-state index in [4.69, 9.17) is 19.3 Å². The van der Waals surface area contributed by atoms with Crippen LogP contribution >= 0.6 is 0 Å². The second-order valence-electron chi connectivity index (χ2n) is 19.0. The number of allylic oxidation sites excluding steroid dienone is 1. The molecule has 392 valence electrons. The maximum atomic E-state index is 14.3. The second-order valence-corrected chi connectivity index (χ2v) is 19.0. The van der Waals surface area contributed by atoms with Gasteiger partial charge in [-0.25, -0.2) is 14.4 Å². The molecule has 0 bridgehead atoms. The number of nitrogens with one attached hydrogen (secondary N) is 4. The van der Waals surface area contributed by atoms with Crippen molar-refractivity contribution in [2.75, 3.05) is 33.8 Å². The van der Waals surface area contributed by atoms with E-state index < -0.39 is 108 Å². The SMILES string of the molecule is C/C=C(\C)[C@H]1OC(=O)[C@@H](C)NC(=O)[C@H](C(C)CC)NC(=O)CN(C)C(=O)[C@@H](Cc2ccccc2)N(C)C(=O)[C@H](C)NC(=O)[C@@H](CC(C)C)OC(=O)/C(C)=C/C[C@H](OC(=O)NCCCCCCCO)[C@@H]1C. The summed E-state index contributed by atoms with van der Waals surface area (Å²) in [4.78, 5) is 113. The number of hydrogen-bond donors (Lipinski definition) is 5. The predicted molar refractivity (Wildman–Crippen MR) is 266 cm³/mol. The number of amides is 6. The number of hydrogen-bond acceptors (Lipinski definition) is 12. The molecule has 1 aliphatic rings. The molecule has 9 atom stereocenters. The van der Waals surface area contributed by atoms with Crippen LogP contribution < -0.4 is 21.3 Å². The average molecular weight is 983 g/mol. The molecular weight excluding hydrogens is 901 g/mol. The number of aliphatic hydroxyl groups excluding tert-OH is 1. The number of carbonyl (C=O) groups is 8. The Morgan fingerprint density at radius 2 is 1.51 bits per heavy atom. The largest absolute Gasteiger partial charge is 0.456 e. The summed E-state index contributed by atoms with van der Waals surface area (Å²) in [5.74, 6) is -6.15. The van der Waals surface area contributed by atoms with Crippen LogP contribution in [0.25, 0.3) is 0 Å². The Morgan fingerprint density at radius 1 is 0.886 bits per heavy atom. The molecule has 2 rings (SSSR count). The summed E-state index contributed by atoms with van der Waals surface area (Å²) in [6.07, 6.45) is 3.83. The summed E-state index contributed by atoms with van der Waals surface area (Å²) in [5.41, 5.74) is 1.43. The zero-order valence-electron chi connectivity index (χ0n) is 43.6. The van der Waals surface area contributed by atoms with Gasteiger partial charge in [-0.1, -0.05) is 103 Å². The summed E-state index contributed by atoms with van der Waals surface area (Å²) in [7, 11) is 2.84. The molecule has 0 radical (unpaired) electrons. The highest BCUT2D eigenvalue weighted by molar-refractivity contribution is 5.96. The van der Waals surface area contributed by atoms with Gasteiger partial charge in [0.15, 0.2) is 6.10 Å². The van der Waals surface area contributed by atoms with Crippen LogP contribution in [0, 0.1) is 17.8 Å². The standard InChI is InChI=1S/C52H82N6O12/c1-13-33(5)44-47(62)55-38(10)51(66)70-45(34(6)14-2)36(8)41(69-52(67)53-27-21-16-15-17-22-28-59)26-25-35(7)50(65)68-42(29-32(3)4)46(61)54-37(9)48(63)58(12)40(30-39-23-19-18-20-24-39)49(64)57(11)31-43(60)56-44/h14,18-20,23-25,32-33,36-38,40-42,44-45,59H,13,15-17,21-22,26-31H2,1-12H3,(H,53,67)(H,54,61)(H,55,62)(H,56,60)/b34-14+,35-25+/t33?,36-,37-,38+,40+,41-,42+,44-,45+/m0/s1. The fourth-order valence-corrected chi connectivity index (χ4v) is 7.83. The maximum absolute atomic E-state index is 14.3. The molecule has 0 fully saturated rings. The van der Waals surface area contributed by atoms with E-state index in [1.165, 1.54) is 45.8 Å². The molecule has 1 heterocycles. The highest BCUT2D eigenvalue weighted by atomic mass is 16.6. The third-order valence-corrected chi connectivity index (χ3v) is 12.7. The number of rotatable bonds is 15. The minimum Gasteiger partial charge on any atom is -0.456 e. The van der Waals surface area contributed by atoms with E-state index in [1.807, 2.05) is 26.8 Å². The Bertz CT molecular complexity index is 1960. The van der Waals surface area contributed by atoms with E-state index in [2.05, 4.69) is 21.3 Å². The molecule has 0 spiro atoms. The number of carbonyl (C=O) groups excluding carboxylic acids is 8. The number of benzene rings is 1. The van der Waals surface area contributed by atoms with Crippen LogP contribution in [0.3, 0.4) is 0 Å². The smallest absolute Gasteiger partial charge is 0.407 e. The molecule has 0 saturated heterocycles. The van der Waals surface area contributed by atoms with E-state index in [0.29, 0.717) is 31.4 Å². The van der Waals surface area contributed by atoms with Crippen molar-refractivity contribution in [1.82, 2.24) is 31.1 Å². The van der Waals surface area contributed by atoms with Crippen molar-refractivity contribution in [3.8, 4) is 0 Å². The van der Waals surface area contributed by atoms with Gasteiger partial charge in [0, 0.05) is 51.6 Å². The number of likely N-dealkylation sites (N-methyl/N-ethyl adjacent to an activating group) is 2. The summed E-state index contributed by atoms with van der Waals surface area (Å²) >= 11 is 0. The molecule has 18 nitrogen and oxygen atoms in total. The zero-order valence-corrected chi connectivity index (χ0v) is 43.6. The van der Waals surface area contributed by atoms with E-state index in [9.17, 15) is 38.4 Å². The van der Waals surface area contributed by atoms with Crippen molar-refractivity contribution >= 4 is 47.6 Å². The number of cyclic esters (lactones) is 2. The van der Waals surface area contributed by atoms with Gasteiger partial charge in [0.05, 0.1) is 6.54 Å². The highest BCUT2D eigenvalue weighted by Crippen LogP contribution is 2.26. The van der Waals surface area contributed by atoms with Gasteiger partial charge in [0.25, 0.3) is 5.91 Å². The minimum absolute atomic E-state index is 0.0404. The maximum Gasteiger partial charge on any atom is 0.407 e. The summed E-state index contributed by atoms with van der Waals surface area (Å²) in [6, 6.07) is 4.35. The first kappa shape index (κ1) is 60.3. The number of unbranched alkanes of at least 4 members (excludes halogenated alkanes) is 4. The van der Waals surface area contributed by atoms with E-state index in [-0.39, 0.29) is 37.4 Å². The normalized spacial score (nSPS) is 26.0. The highest BCUT2D eigenvalue weighted by Gasteiger charge is 2.37. The van der Waals surface area contributed by atoms with E-state index in [1.54, 1.807) is 58.0 Å². The van der Waals surface area contributed by atoms with Crippen molar-refractivity contribution in [1.29, 1.82) is 0 Å². The first-order valence-electron chi connectivity index (χ1n) is 24.8. The molecular formula is C52H82N6O12. The number of ether oxygens (including phenoxy) is 3. The topological polar surface area (TPSA) is 239 Å². The Labute approximate surface area is 415 Å². The van der Waals surface area contributed by atoms with Gasteiger partial charge in [-0.2, -0.15) is 0 Å². The Kier molecular flexibility index (Phi) is 26.5. The fourth-order valence-electron chi connectivity index (χ4n) is 7.83. The first-order chi connectivity index (χ1) is 33.1. The van der Waals surface area contributed by atoms with Gasteiger partial charge in [0.2, 0.25) is 23.6 Å². The summed E-state index contributed by atoms with van der Waals surface area (Å²) in [5, 5.41) is 19.9. The monoisotopic (exact) mass is 983 g/mol. The molecule has 1 aromatic carbocycles. The lowest BCUT2D eigenvalue weighted by Crippen LogP contribution is -2.57. The quantitative estimate of drug-likeness (QED) is 0.0682. The number of nitrogens with zero attached hydrogens (tertiary/aromatic N) is 2. The third kappa shape index (κ3) is 19.9. The number of aliphatic hydroxyl groups is 1. The molecule has 0 aliphatic carbocycles. The molecule has 6 amide bonds. The van der Waals surface area contributed by atoms with Crippen LogP contribution in [0.15, 0.2) is 53.6 Å². The lowest BCUT2D eigenvalue weighted by Gasteiger charge is -2.33. The van der Waals surface area contributed by atoms with Crippen LogP contribution in [-0.4, -0.2) is 139 Å². The van der Waals surface area contributed by atoms with Crippen LogP contribution in [-0.2, 0) is 54.2 Å². The second kappa shape index (κ2) is 30.7. The number of esters is 2. The summed E-state index contributed by atoms with van der Waals surface area (Å²) in [6.45, 7) is 16.9. The first-order valence-corrected chi connectivity index (χ1v) is 24.8. The molecule has 5 N–H and O–H groups in total.